The number of aryl methyl sites for hydroxylation is 1. The first-order valence-electron chi connectivity index (χ1n) is 5.63. The maximum absolute atomic E-state index is 5.67. The van der Waals surface area contributed by atoms with Crippen LogP contribution in [0.5, 0.6) is 0 Å². The normalized spacial score (nSPS) is 19.6. The third kappa shape index (κ3) is 2.50. The Morgan fingerprint density at radius 1 is 1.47 bits per heavy atom. The molecule has 0 aromatic carbocycles. The third-order valence-corrected chi connectivity index (χ3v) is 3.27. The van der Waals surface area contributed by atoms with E-state index in [-0.39, 0.29) is 0 Å². The van der Waals surface area contributed by atoms with E-state index in [0.717, 1.165) is 12.5 Å². The molecule has 0 bridgehead atoms. The molecule has 1 aliphatic rings. The summed E-state index contributed by atoms with van der Waals surface area (Å²) in [5.74, 6) is 1.40. The van der Waals surface area contributed by atoms with Gasteiger partial charge in [0, 0.05) is 18.3 Å². The highest BCUT2D eigenvalue weighted by Crippen LogP contribution is 2.19. The molecule has 0 aliphatic carbocycles. The molecule has 1 fully saturated rings. The van der Waals surface area contributed by atoms with Crippen LogP contribution < -0.4 is 5.73 Å². The summed E-state index contributed by atoms with van der Waals surface area (Å²) < 4.78 is 2.05. The Labute approximate surface area is 91.1 Å². The van der Waals surface area contributed by atoms with E-state index in [1.54, 1.807) is 0 Å². The number of piperidine rings is 1. The lowest BCUT2D eigenvalue weighted by atomic mass is 9.97. The predicted octanol–water partition coefficient (Wildman–Crippen LogP) is 1.12. The van der Waals surface area contributed by atoms with E-state index < -0.39 is 0 Å². The summed E-state index contributed by atoms with van der Waals surface area (Å²) in [4.78, 5) is 2.39. The molecule has 4 heteroatoms. The van der Waals surface area contributed by atoms with Gasteiger partial charge in [0.25, 0.3) is 0 Å². The minimum absolute atomic E-state index is 0.639. The molecule has 2 rings (SSSR count). The van der Waals surface area contributed by atoms with Gasteiger partial charge in [-0.05, 0) is 45.8 Å². The minimum Gasteiger partial charge on any atom is -0.382 e. The second-order valence-corrected chi connectivity index (χ2v) is 4.64. The lowest BCUT2D eigenvalue weighted by Gasteiger charge is -2.29. The maximum Gasteiger partial charge on any atom is 0.145 e. The standard InChI is InChI=1S/C11H20N4/c1-9-7-11(12)13-15(9)8-10-3-5-14(2)6-4-10/h7,10H,3-6,8H2,1-2H3,(H2,12,13). The number of nitrogens with two attached hydrogens (primary N) is 1. The number of aromatic nitrogens is 2. The second kappa shape index (κ2) is 4.23. The Morgan fingerprint density at radius 3 is 2.67 bits per heavy atom. The molecule has 0 atom stereocenters. The SMILES string of the molecule is Cc1cc(N)nn1CC1CCN(C)CC1. The van der Waals surface area contributed by atoms with Crippen LogP contribution in [-0.4, -0.2) is 34.8 Å². The number of nitrogens with zero attached hydrogens (tertiary/aromatic N) is 3. The molecule has 0 spiro atoms. The van der Waals surface area contributed by atoms with Crippen molar-refractivity contribution in [3.8, 4) is 0 Å². The first-order chi connectivity index (χ1) is 7.15. The Balaban J connectivity index is 1.94. The number of likely N-dealkylation sites (tertiary alicyclic amines) is 1. The number of rotatable bonds is 2. The van der Waals surface area contributed by atoms with Gasteiger partial charge >= 0.3 is 0 Å². The van der Waals surface area contributed by atoms with Crippen molar-refractivity contribution in [2.45, 2.75) is 26.3 Å². The van der Waals surface area contributed by atoms with E-state index in [4.69, 9.17) is 5.73 Å². The van der Waals surface area contributed by atoms with Gasteiger partial charge in [-0.1, -0.05) is 0 Å². The van der Waals surface area contributed by atoms with Gasteiger partial charge in [-0.15, -0.1) is 0 Å². The van der Waals surface area contributed by atoms with Crippen molar-refractivity contribution >= 4 is 5.82 Å². The molecule has 84 valence electrons. The van der Waals surface area contributed by atoms with E-state index in [0.29, 0.717) is 5.82 Å². The van der Waals surface area contributed by atoms with E-state index in [9.17, 15) is 0 Å². The lowest BCUT2D eigenvalue weighted by molar-refractivity contribution is 0.201. The van der Waals surface area contributed by atoms with Gasteiger partial charge in [-0.25, -0.2) is 0 Å². The number of anilines is 1. The van der Waals surface area contributed by atoms with Crippen LogP contribution >= 0.6 is 0 Å². The molecule has 1 saturated heterocycles. The zero-order valence-electron chi connectivity index (χ0n) is 9.61. The fraction of sp³-hybridized carbons (Fsp3) is 0.727. The second-order valence-electron chi connectivity index (χ2n) is 4.64. The molecule has 0 saturated carbocycles. The van der Waals surface area contributed by atoms with Crippen LogP contribution in [0.2, 0.25) is 0 Å². The molecule has 1 aliphatic heterocycles. The van der Waals surface area contributed by atoms with Crippen molar-refractivity contribution in [1.29, 1.82) is 0 Å². The van der Waals surface area contributed by atoms with E-state index in [2.05, 4.69) is 24.0 Å². The third-order valence-electron chi connectivity index (χ3n) is 3.27. The van der Waals surface area contributed by atoms with Crippen LogP contribution in [0, 0.1) is 12.8 Å². The summed E-state index contributed by atoms with van der Waals surface area (Å²) in [6.45, 7) is 5.51. The first-order valence-corrected chi connectivity index (χ1v) is 5.63. The van der Waals surface area contributed by atoms with Crippen LogP contribution in [0.4, 0.5) is 5.82 Å². The fourth-order valence-electron chi connectivity index (χ4n) is 2.21. The van der Waals surface area contributed by atoms with Crippen LogP contribution in [0.25, 0.3) is 0 Å². The monoisotopic (exact) mass is 208 g/mol. The van der Waals surface area contributed by atoms with Crippen LogP contribution in [0.1, 0.15) is 18.5 Å². The van der Waals surface area contributed by atoms with Crippen molar-refractivity contribution in [3.63, 3.8) is 0 Å². The summed E-state index contributed by atoms with van der Waals surface area (Å²) in [5, 5.41) is 4.30. The van der Waals surface area contributed by atoms with Crippen molar-refractivity contribution in [3.05, 3.63) is 11.8 Å². The summed E-state index contributed by atoms with van der Waals surface area (Å²) in [6, 6.07) is 1.94. The highest BCUT2D eigenvalue weighted by Gasteiger charge is 2.17. The molecular formula is C11H20N4. The smallest absolute Gasteiger partial charge is 0.145 e. The molecule has 2 N–H and O–H groups in total. The van der Waals surface area contributed by atoms with Gasteiger partial charge in [0.2, 0.25) is 0 Å². The van der Waals surface area contributed by atoms with Crippen molar-refractivity contribution in [1.82, 2.24) is 14.7 Å². The molecule has 4 nitrogen and oxygen atoms in total. The van der Waals surface area contributed by atoms with E-state index in [1.165, 1.54) is 31.6 Å². The topological polar surface area (TPSA) is 47.1 Å². The predicted molar refractivity (Wildman–Crippen MR) is 61.6 cm³/mol. The minimum atomic E-state index is 0.639. The Bertz CT molecular complexity index is 323. The van der Waals surface area contributed by atoms with E-state index >= 15 is 0 Å². The van der Waals surface area contributed by atoms with Crippen molar-refractivity contribution in [2.75, 3.05) is 25.9 Å². The van der Waals surface area contributed by atoms with E-state index in [1.807, 2.05) is 10.7 Å². The van der Waals surface area contributed by atoms with Crippen LogP contribution in [0.3, 0.4) is 0 Å². The van der Waals surface area contributed by atoms with Gasteiger partial charge in [-0.2, -0.15) is 5.10 Å². The molecule has 1 aromatic rings. The largest absolute Gasteiger partial charge is 0.382 e. The van der Waals surface area contributed by atoms with Gasteiger partial charge in [-0.3, -0.25) is 4.68 Å². The Morgan fingerprint density at radius 2 is 2.13 bits per heavy atom. The van der Waals surface area contributed by atoms with Gasteiger partial charge in [0.05, 0.1) is 0 Å². The Kier molecular flexibility index (Phi) is 2.95. The quantitative estimate of drug-likeness (QED) is 0.792. The van der Waals surface area contributed by atoms with Gasteiger partial charge in [0.15, 0.2) is 0 Å². The molecule has 0 amide bonds. The number of hydrogen-bond donors (Lipinski definition) is 1. The summed E-state index contributed by atoms with van der Waals surface area (Å²) in [7, 11) is 2.19. The molecule has 2 heterocycles. The average molecular weight is 208 g/mol. The summed E-state index contributed by atoms with van der Waals surface area (Å²) in [6.07, 6.45) is 2.55. The zero-order valence-corrected chi connectivity index (χ0v) is 9.61. The fourth-order valence-corrected chi connectivity index (χ4v) is 2.21. The molecule has 1 aromatic heterocycles. The van der Waals surface area contributed by atoms with Gasteiger partial charge in [0.1, 0.15) is 5.82 Å². The first kappa shape index (κ1) is 10.5. The molecule has 0 radical (unpaired) electrons. The Hall–Kier alpha value is -1.03. The van der Waals surface area contributed by atoms with Crippen molar-refractivity contribution < 1.29 is 0 Å². The molecule has 15 heavy (non-hydrogen) atoms. The molecular weight excluding hydrogens is 188 g/mol. The summed E-state index contributed by atoms with van der Waals surface area (Å²) in [5.41, 5.74) is 6.84. The lowest BCUT2D eigenvalue weighted by Crippen LogP contribution is -2.32. The maximum atomic E-state index is 5.67. The number of hydrogen-bond acceptors (Lipinski definition) is 3. The van der Waals surface area contributed by atoms with Crippen molar-refractivity contribution in [2.24, 2.45) is 5.92 Å². The highest BCUT2D eigenvalue weighted by atomic mass is 15.3. The summed E-state index contributed by atoms with van der Waals surface area (Å²) >= 11 is 0. The average Bonchev–Trinajstić information content (AvgIpc) is 2.49. The zero-order chi connectivity index (χ0) is 10.8. The highest BCUT2D eigenvalue weighted by molar-refractivity contribution is 5.28. The molecule has 0 unspecified atom stereocenters. The van der Waals surface area contributed by atoms with Crippen LogP contribution in [-0.2, 0) is 6.54 Å². The number of nitrogen functional groups attached to an aromatic ring is 1. The van der Waals surface area contributed by atoms with Crippen LogP contribution in [0.15, 0.2) is 6.07 Å². The van der Waals surface area contributed by atoms with Gasteiger partial charge < -0.3 is 10.6 Å².